The molecule has 0 aromatic heterocycles. The summed E-state index contributed by atoms with van der Waals surface area (Å²) in [4.78, 5) is 13.8. The molecule has 1 aliphatic heterocycles. The molecule has 1 aromatic rings. The minimum absolute atomic E-state index is 0. The van der Waals surface area contributed by atoms with Crippen LogP contribution in [0.3, 0.4) is 0 Å². The molecule has 19 heavy (non-hydrogen) atoms. The second-order valence-electron chi connectivity index (χ2n) is 4.66. The van der Waals surface area contributed by atoms with Crippen LogP contribution in [0.25, 0.3) is 0 Å². The molecule has 1 amide bonds. The summed E-state index contributed by atoms with van der Waals surface area (Å²) in [5, 5.41) is 2.68. The van der Waals surface area contributed by atoms with Crippen LogP contribution in [0, 0.1) is 5.82 Å². The van der Waals surface area contributed by atoms with Gasteiger partial charge in [-0.2, -0.15) is 0 Å². The first kappa shape index (κ1) is 15.9. The Bertz CT molecular complexity index is 430. The molecule has 1 aliphatic rings. The van der Waals surface area contributed by atoms with Gasteiger partial charge in [0.15, 0.2) is 0 Å². The zero-order chi connectivity index (χ0) is 13.0. The average Bonchev–Trinajstić information content (AvgIpc) is 2.73. The monoisotopic (exact) mass is 287 g/mol. The van der Waals surface area contributed by atoms with Crippen molar-refractivity contribution >= 4 is 24.0 Å². The summed E-state index contributed by atoms with van der Waals surface area (Å²) in [6.07, 6.45) is 1.40. The molecule has 1 heterocycles. The van der Waals surface area contributed by atoms with Crippen molar-refractivity contribution < 1.29 is 9.18 Å². The molecular weight excluding hydrogens is 269 g/mol. The molecule has 106 valence electrons. The van der Waals surface area contributed by atoms with E-state index in [2.05, 4.69) is 10.2 Å². The highest BCUT2D eigenvalue weighted by Crippen LogP contribution is 2.10. The number of nitrogens with one attached hydrogen (secondary N) is 1. The molecule has 0 bridgehead atoms. The number of benzene rings is 1. The van der Waals surface area contributed by atoms with E-state index in [0.717, 1.165) is 19.5 Å². The van der Waals surface area contributed by atoms with E-state index in [1.807, 2.05) is 0 Å². The Morgan fingerprint density at radius 1 is 1.53 bits per heavy atom. The van der Waals surface area contributed by atoms with E-state index < -0.39 is 0 Å². The van der Waals surface area contributed by atoms with Crippen molar-refractivity contribution in [1.82, 2.24) is 4.90 Å². The highest BCUT2D eigenvalue weighted by atomic mass is 35.5. The van der Waals surface area contributed by atoms with Gasteiger partial charge in [-0.15, -0.1) is 12.4 Å². The lowest BCUT2D eigenvalue weighted by atomic mass is 10.3. The normalized spacial score (nSPS) is 18.9. The van der Waals surface area contributed by atoms with Gasteiger partial charge in [0, 0.05) is 31.2 Å². The molecule has 2 rings (SSSR count). The highest BCUT2D eigenvalue weighted by Gasteiger charge is 2.19. The third kappa shape index (κ3) is 5.14. The van der Waals surface area contributed by atoms with E-state index in [4.69, 9.17) is 5.73 Å². The summed E-state index contributed by atoms with van der Waals surface area (Å²) >= 11 is 0. The van der Waals surface area contributed by atoms with Crippen LogP contribution < -0.4 is 11.1 Å². The molecule has 0 unspecified atom stereocenters. The number of carbonyl (C=O) groups is 1. The van der Waals surface area contributed by atoms with E-state index in [-0.39, 0.29) is 30.2 Å². The van der Waals surface area contributed by atoms with Crippen molar-refractivity contribution in [3.05, 3.63) is 30.1 Å². The number of anilines is 1. The largest absolute Gasteiger partial charge is 0.326 e. The maximum Gasteiger partial charge on any atom is 0.225 e. The first-order valence-corrected chi connectivity index (χ1v) is 6.17. The van der Waals surface area contributed by atoms with Gasteiger partial charge in [-0.25, -0.2) is 4.39 Å². The van der Waals surface area contributed by atoms with Gasteiger partial charge in [0.05, 0.1) is 0 Å². The summed E-state index contributed by atoms with van der Waals surface area (Å²) < 4.78 is 12.9. The van der Waals surface area contributed by atoms with Gasteiger partial charge in [-0.05, 0) is 31.2 Å². The number of hydrogen-bond acceptors (Lipinski definition) is 3. The third-order valence-corrected chi connectivity index (χ3v) is 3.07. The van der Waals surface area contributed by atoms with Crippen LogP contribution in [-0.4, -0.2) is 36.5 Å². The van der Waals surface area contributed by atoms with Crippen molar-refractivity contribution in [2.75, 3.05) is 25.0 Å². The predicted molar refractivity (Wildman–Crippen MR) is 75.9 cm³/mol. The SMILES string of the molecule is Cl.N[C@H]1CCN(CCC(=O)Nc2cccc(F)c2)C1. The smallest absolute Gasteiger partial charge is 0.225 e. The molecule has 0 spiro atoms. The lowest BCUT2D eigenvalue weighted by Crippen LogP contribution is -2.29. The Balaban J connectivity index is 0.00000180. The molecule has 0 aliphatic carbocycles. The zero-order valence-corrected chi connectivity index (χ0v) is 11.5. The Morgan fingerprint density at radius 2 is 2.32 bits per heavy atom. The van der Waals surface area contributed by atoms with Gasteiger partial charge < -0.3 is 16.0 Å². The van der Waals surface area contributed by atoms with Gasteiger partial charge >= 0.3 is 0 Å². The first-order valence-electron chi connectivity index (χ1n) is 6.17. The van der Waals surface area contributed by atoms with Crippen LogP contribution in [0.2, 0.25) is 0 Å². The summed E-state index contributed by atoms with van der Waals surface area (Å²) in [7, 11) is 0. The minimum Gasteiger partial charge on any atom is -0.326 e. The number of rotatable bonds is 4. The summed E-state index contributed by atoms with van der Waals surface area (Å²) in [6, 6.07) is 6.14. The van der Waals surface area contributed by atoms with Gasteiger partial charge in [-0.1, -0.05) is 6.07 Å². The van der Waals surface area contributed by atoms with Crippen LogP contribution in [0.4, 0.5) is 10.1 Å². The third-order valence-electron chi connectivity index (χ3n) is 3.07. The lowest BCUT2D eigenvalue weighted by molar-refractivity contribution is -0.116. The lowest BCUT2D eigenvalue weighted by Gasteiger charge is -2.14. The molecule has 6 heteroatoms. The molecule has 3 N–H and O–H groups in total. The summed E-state index contributed by atoms with van der Waals surface area (Å²) in [5.41, 5.74) is 6.29. The molecule has 1 saturated heterocycles. The number of likely N-dealkylation sites (tertiary alicyclic amines) is 1. The number of nitrogens with two attached hydrogens (primary N) is 1. The predicted octanol–water partition coefficient (Wildman–Crippen LogP) is 1.61. The topological polar surface area (TPSA) is 58.4 Å². The van der Waals surface area contributed by atoms with Gasteiger partial charge in [0.25, 0.3) is 0 Å². The van der Waals surface area contributed by atoms with Crippen molar-refractivity contribution in [1.29, 1.82) is 0 Å². The number of nitrogens with zero attached hydrogens (tertiary/aromatic N) is 1. The van der Waals surface area contributed by atoms with Crippen LogP contribution in [0.15, 0.2) is 24.3 Å². The second-order valence-corrected chi connectivity index (χ2v) is 4.66. The Hall–Kier alpha value is -1.17. The van der Waals surface area contributed by atoms with Crippen molar-refractivity contribution in [3.63, 3.8) is 0 Å². The van der Waals surface area contributed by atoms with Crippen LogP contribution in [0.5, 0.6) is 0 Å². The van der Waals surface area contributed by atoms with Gasteiger partial charge in [0.1, 0.15) is 5.82 Å². The Kier molecular flexibility index (Phi) is 6.21. The van der Waals surface area contributed by atoms with Crippen LogP contribution in [0.1, 0.15) is 12.8 Å². The number of hydrogen-bond donors (Lipinski definition) is 2. The molecule has 4 nitrogen and oxygen atoms in total. The maximum absolute atomic E-state index is 12.9. The number of amides is 1. The Morgan fingerprint density at radius 3 is 2.95 bits per heavy atom. The quantitative estimate of drug-likeness (QED) is 0.884. The van der Waals surface area contributed by atoms with E-state index in [0.29, 0.717) is 18.7 Å². The molecule has 1 atom stereocenters. The first-order chi connectivity index (χ1) is 8.63. The zero-order valence-electron chi connectivity index (χ0n) is 10.6. The van der Waals surface area contributed by atoms with E-state index in [1.165, 1.54) is 12.1 Å². The van der Waals surface area contributed by atoms with Crippen molar-refractivity contribution in [2.24, 2.45) is 5.73 Å². The fraction of sp³-hybridized carbons (Fsp3) is 0.462. The minimum atomic E-state index is -0.349. The van der Waals surface area contributed by atoms with E-state index in [1.54, 1.807) is 12.1 Å². The van der Waals surface area contributed by atoms with Crippen molar-refractivity contribution in [3.8, 4) is 0 Å². The summed E-state index contributed by atoms with van der Waals surface area (Å²) in [6.45, 7) is 2.51. The average molecular weight is 288 g/mol. The van der Waals surface area contributed by atoms with Crippen LogP contribution >= 0.6 is 12.4 Å². The van der Waals surface area contributed by atoms with Gasteiger partial charge in [-0.3, -0.25) is 4.79 Å². The molecule has 1 fully saturated rings. The number of halogens is 2. The van der Waals surface area contributed by atoms with Gasteiger partial charge in [0.2, 0.25) is 5.91 Å². The highest BCUT2D eigenvalue weighted by molar-refractivity contribution is 5.90. The maximum atomic E-state index is 12.9. The standard InChI is InChI=1S/C13H18FN3O.ClH/c14-10-2-1-3-12(8-10)16-13(18)5-7-17-6-4-11(15)9-17;/h1-3,8,11H,4-7,9,15H2,(H,16,18);1H/t11-;/m0./s1. The molecule has 0 saturated carbocycles. The molecular formula is C13H19ClFN3O. The van der Waals surface area contributed by atoms with E-state index >= 15 is 0 Å². The second kappa shape index (κ2) is 7.43. The van der Waals surface area contributed by atoms with Crippen LogP contribution in [-0.2, 0) is 4.79 Å². The number of carbonyl (C=O) groups excluding carboxylic acids is 1. The fourth-order valence-corrected chi connectivity index (χ4v) is 2.12. The van der Waals surface area contributed by atoms with E-state index in [9.17, 15) is 9.18 Å². The molecule has 1 aromatic carbocycles. The fourth-order valence-electron chi connectivity index (χ4n) is 2.12. The van der Waals surface area contributed by atoms with Crippen molar-refractivity contribution in [2.45, 2.75) is 18.9 Å². The Labute approximate surface area is 118 Å². The summed E-state index contributed by atoms with van der Waals surface area (Å²) in [5.74, 6) is -0.445. The molecule has 0 radical (unpaired) electrons.